The molecule has 0 fully saturated rings. The van der Waals surface area contributed by atoms with Crippen LogP contribution in [0.1, 0.15) is 28.2 Å². The van der Waals surface area contributed by atoms with Crippen molar-refractivity contribution in [2.45, 2.75) is 32.4 Å². The monoisotopic (exact) mass is 406 g/mol. The van der Waals surface area contributed by atoms with Gasteiger partial charge in [0.1, 0.15) is 18.5 Å². The maximum absolute atomic E-state index is 12.8. The zero-order valence-electron chi connectivity index (χ0n) is 15.8. The van der Waals surface area contributed by atoms with Crippen molar-refractivity contribution in [3.63, 3.8) is 0 Å². The van der Waals surface area contributed by atoms with Gasteiger partial charge in [0.25, 0.3) is 5.91 Å². The number of nitrogens with one attached hydrogen (secondary N) is 1. The summed E-state index contributed by atoms with van der Waals surface area (Å²) in [5, 5.41) is 7.59. The highest BCUT2D eigenvalue weighted by Gasteiger charge is 2.24. The van der Waals surface area contributed by atoms with Crippen LogP contribution in [-0.2, 0) is 13.0 Å². The first-order chi connectivity index (χ1) is 14.1. The van der Waals surface area contributed by atoms with Crippen LogP contribution in [-0.4, -0.2) is 36.3 Å². The summed E-state index contributed by atoms with van der Waals surface area (Å²) in [5.41, 5.74) is 4.53. The lowest BCUT2D eigenvalue weighted by molar-refractivity contribution is 0.0928. The highest BCUT2D eigenvalue weighted by Crippen LogP contribution is 2.24. The van der Waals surface area contributed by atoms with E-state index in [1.165, 1.54) is 11.9 Å². The van der Waals surface area contributed by atoms with Crippen molar-refractivity contribution in [2.75, 3.05) is 0 Å². The Kier molecular flexibility index (Phi) is 4.32. The fourth-order valence-electron chi connectivity index (χ4n) is 3.85. The van der Waals surface area contributed by atoms with Gasteiger partial charge in [0.15, 0.2) is 0 Å². The quantitative estimate of drug-likeness (QED) is 0.566. The molecule has 0 saturated carbocycles. The standard InChI is InChI=1S/C21H19ClN6O/c1-13-2-6-19-18(8-13)26-20-7-3-14(10-27(19)20)25-21(29)16-5-4-15(9-17(16)22)28-12-23-11-24-28/h2,4-6,8-9,11-12,14H,3,7,10H2,1H3,(H,25,29)/t14-/m1/s1. The normalized spacial score (nSPS) is 16.0. The van der Waals surface area contributed by atoms with Gasteiger partial charge in [0.05, 0.1) is 27.3 Å². The van der Waals surface area contributed by atoms with E-state index in [0.717, 1.165) is 35.4 Å². The Hall–Kier alpha value is -3.19. The topological polar surface area (TPSA) is 77.6 Å². The van der Waals surface area contributed by atoms with Crippen LogP contribution in [0.4, 0.5) is 0 Å². The van der Waals surface area contributed by atoms with Crippen LogP contribution in [0.15, 0.2) is 49.1 Å². The molecule has 2 aromatic heterocycles. The lowest BCUT2D eigenvalue weighted by Gasteiger charge is -2.25. The van der Waals surface area contributed by atoms with Crippen molar-refractivity contribution in [3.05, 3.63) is 71.0 Å². The van der Waals surface area contributed by atoms with Crippen LogP contribution in [0.3, 0.4) is 0 Å². The summed E-state index contributed by atoms with van der Waals surface area (Å²) in [6, 6.07) is 11.6. The Morgan fingerprint density at radius 2 is 2.14 bits per heavy atom. The zero-order valence-corrected chi connectivity index (χ0v) is 16.6. The van der Waals surface area contributed by atoms with Crippen molar-refractivity contribution < 1.29 is 4.79 Å². The third-order valence-electron chi connectivity index (χ3n) is 5.32. The first-order valence-electron chi connectivity index (χ1n) is 9.49. The van der Waals surface area contributed by atoms with Crippen LogP contribution in [0.5, 0.6) is 0 Å². The molecule has 4 aromatic rings. The van der Waals surface area contributed by atoms with Crippen LogP contribution in [0.25, 0.3) is 16.7 Å². The molecule has 0 aliphatic carbocycles. The third kappa shape index (κ3) is 3.27. The first-order valence-corrected chi connectivity index (χ1v) is 9.87. The number of halogens is 1. The van der Waals surface area contributed by atoms with Crippen LogP contribution < -0.4 is 5.32 Å². The largest absolute Gasteiger partial charge is 0.347 e. The summed E-state index contributed by atoms with van der Waals surface area (Å²) < 4.78 is 3.81. The minimum Gasteiger partial charge on any atom is -0.347 e. The molecule has 1 atom stereocenters. The van der Waals surface area contributed by atoms with E-state index in [1.54, 1.807) is 29.2 Å². The van der Waals surface area contributed by atoms with Gasteiger partial charge < -0.3 is 9.88 Å². The molecule has 7 nitrogen and oxygen atoms in total. The average molecular weight is 407 g/mol. The predicted octanol–water partition coefficient (Wildman–Crippen LogP) is 3.32. The van der Waals surface area contributed by atoms with Gasteiger partial charge in [-0.05, 0) is 49.2 Å². The lowest BCUT2D eigenvalue weighted by atomic mass is 10.1. The molecule has 3 heterocycles. The molecule has 0 radical (unpaired) electrons. The van der Waals surface area contributed by atoms with E-state index in [2.05, 4.69) is 45.1 Å². The average Bonchev–Trinajstić information content (AvgIpc) is 3.35. The minimum atomic E-state index is -0.172. The van der Waals surface area contributed by atoms with Gasteiger partial charge in [-0.15, -0.1) is 0 Å². The van der Waals surface area contributed by atoms with E-state index in [1.807, 2.05) is 0 Å². The summed E-state index contributed by atoms with van der Waals surface area (Å²) >= 11 is 6.38. The molecule has 2 aromatic carbocycles. The van der Waals surface area contributed by atoms with E-state index in [-0.39, 0.29) is 11.9 Å². The molecule has 146 valence electrons. The van der Waals surface area contributed by atoms with Crippen LogP contribution >= 0.6 is 11.6 Å². The smallest absolute Gasteiger partial charge is 0.253 e. The Balaban J connectivity index is 1.35. The van der Waals surface area contributed by atoms with Gasteiger partial charge in [-0.3, -0.25) is 4.79 Å². The minimum absolute atomic E-state index is 0.0276. The molecule has 0 bridgehead atoms. The van der Waals surface area contributed by atoms with Crippen molar-refractivity contribution >= 4 is 28.5 Å². The molecular weight excluding hydrogens is 388 g/mol. The zero-order chi connectivity index (χ0) is 20.0. The Morgan fingerprint density at radius 3 is 2.93 bits per heavy atom. The summed E-state index contributed by atoms with van der Waals surface area (Å²) in [7, 11) is 0. The molecule has 1 amide bonds. The van der Waals surface area contributed by atoms with Gasteiger partial charge in [0.2, 0.25) is 0 Å². The van der Waals surface area contributed by atoms with Crippen molar-refractivity contribution in [3.8, 4) is 5.69 Å². The molecular formula is C21H19ClN6O. The van der Waals surface area contributed by atoms with Gasteiger partial charge in [-0.1, -0.05) is 17.7 Å². The number of hydrogen-bond donors (Lipinski definition) is 1. The molecule has 0 spiro atoms. The number of fused-ring (bicyclic) bond motifs is 3. The van der Waals surface area contributed by atoms with Gasteiger partial charge >= 0.3 is 0 Å². The Bertz CT molecular complexity index is 1210. The van der Waals surface area contributed by atoms with E-state index < -0.39 is 0 Å². The molecule has 1 aliphatic heterocycles. The van der Waals surface area contributed by atoms with Crippen molar-refractivity contribution in [2.24, 2.45) is 0 Å². The summed E-state index contributed by atoms with van der Waals surface area (Å²) in [5.74, 6) is 0.903. The van der Waals surface area contributed by atoms with E-state index in [0.29, 0.717) is 17.1 Å². The second kappa shape index (κ2) is 7.00. The fourth-order valence-corrected chi connectivity index (χ4v) is 4.11. The van der Waals surface area contributed by atoms with Gasteiger partial charge in [-0.25, -0.2) is 14.6 Å². The van der Waals surface area contributed by atoms with E-state index in [9.17, 15) is 4.79 Å². The first kappa shape index (κ1) is 17.9. The Morgan fingerprint density at radius 1 is 1.24 bits per heavy atom. The number of rotatable bonds is 3. The number of aromatic nitrogens is 5. The molecule has 1 aliphatic rings. The molecule has 0 unspecified atom stereocenters. The summed E-state index contributed by atoms with van der Waals surface area (Å²) in [4.78, 5) is 21.5. The number of imidazole rings is 1. The number of hydrogen-bond acceptors (Lipinski definition) is 4. The molecule has 0 saturated heterocycles. The number of amides is 1. The number of aryl methyl sites for hydroxylation is 2. The number of benzene rings is 2. The maximum Gasteiger partial charge on any atom is 0.253 e. The van der Waals surface area contributed by atoms with E-state index in [4.69, 9.17) is 16.6 Å². The molecule has 29 heavy (non-hydrogen) atoms. The maximum atomic E-state index is 12.8. The predicted molar refractivity (Wildman–Crippen MR) is 110 cm³/mol. The van der Waals surface area contributed by atoms with Crippen LogP contribution in [0.2, 0.25) is 5.02 Å². The number of carbonyl (C=O) groups is 1. The summed E-state index contributed by atoms with van der Waals surface area (Å²) in [6.07, 6.45) is 4.72. The van der Waals surface area contributed by atoms with Crippen molar-refractivity contribution in [1.29, 1.82) is 0 Å². The van der Waals surface area contributed by atoms with Crippen LogP contribution in [0, 0.1) is 6.92 Å². The number of carbonyl (C=O) groups excluding carboxylic acids is 1. The fraction of sp³-hybridized carbons (Fsp3) is 0.238. The second-order valence-electron chi connectivity index (χ2n) is 7.34. The van der Waals surface area contributed by atoms with Gasteiger partial charge in [0, 0.05) is 19.0 Å². The highest BCUT2D eigenvalue weighted by molar-refractivity contribution is 6.34. The molecule has 8 heteroatoms. The third-order valence-corrected chi connectivity index (χ3v) is 5.63. The SMILES string of the molecule is Cc1ccc2c(c1)nc1n2C[C@H](NC(=O)c2ccc(-n3cncn3)cc2Cl)CC1. The summed E-state index contributed by atoms with van der Waals surface area (Å²) in [6.45, 7) is 2.77. The highest BCUT2D eigenvalue weighted by atomic mass is 35.5. The van der Waals surface area contributed by atoms with E-state index >= 15 is 0 Å². The van der Waals surface area contributed by atoms with Gasteiger partial charge in [-0.2, -0.15) is 5.10 Å². The second-order valence-corrected chi connectivity index (χ2v) is 7.75. The van der Waals surface area contributed by atoms with Crippen molar-refractivity contribution in [1.82, 2.24) is 29.6 Å². The lowest BCUT2D eigenvalue weighted by Crippen LogP contribution is -2.41. The Labute approximate surface area is 172 Å². The molecule has 5 rings (SSSR count). The number of nitrogens with zero attached hydrogens (tertiary/aromatic N) is 5. The molecule has 1 N–H and O–H groups in total.